The summed E-state index contributed by atoms with van der Waals surface area (Å²) >= 11 is 7.70. The lowest BCUT2D eigenvalue weighted by Gasteiger charge is -2.40. The van der Waals surface area contributed by atoms with Gasteiger partial charge in [-0.1, -0.05) is 54.9 Å². The third-order valence-electron chi connectivity index (χ3n) is 7.01. The molecule has 0 N–H and O–H groups in total. The van der Waals surface area contributed by atoms with Crippen LogP contribution < -0.4 is 14.5 Å². The maximum absolute atomic E-state index is 13.8. The van der Waals surface area contributed by atoms with Gasteiger partial charge in [-0.25, -0.2) is 0 Å². The molecular weight excluding hydrogens is 506 g/mol. The Bertz CT molecular complexity index is 1290. The van der Waals surface area contributed by atoms with Gasteiger partial charge in [-0.05, 0) is 42.0 Å². The first-order valence-electron chi connectivity index (χ1n) is 12.4. The molecule has 0 bridgehead atoms. The Labute approximate surface area is 227 Å². The van der Waals surface area contributed by atoms with Crippen LogP contribution in [0.25, 0.3) is 0 Å². The van der Waals surface area contributed by atoms with Crippen molar-refractivity contribution >= 4 is 46.6 Å². The second-order valence-corrected chi connectivity index (χ2v) is 11.0. The van der Waals surface area contributed by atoms with E-state index in [0.29, 0.717) is 37.7 Å². The molecule has 2 aliphatic heterocycles. The summed E-state index contributed by atoms with van der Waals surface area (Å²) in [6, 6.07) is 23.4. The third-order valence-corrected chi connectivity index (χ3v) is 8.71. The van der Waals surface area contributed by atoms with Crippen molar-refractivity contribution in [1.82, 2.24) is 4.90 Å². The molecule has 0 saturated carbocycles. The molecule has 6 nitrogen and oxygen atoms in total. The Morgan fingerprint density at radius 2 is 1.70 bits per heavy atom. The summed E-state index contributed by atoms with van der Waals surface area (Å²) in [7, 11) is 1.67. The SMILES string of the molecule is COc1ccccc1N1CCN(C(=O)[C@@H](C)[C@@H]2Sc3ccccc3N(Cc3cccc(Cl)c3)C2=O)CC1. The molecule has 2 heterocycles. The average Bonchev–Trinajstić information content (AvgIpc) is 2.93. The predicted molar refractivity (Wildman–Crippen MR) is 150 cm³/mol. The summed E-state index contributed by atoms with van der Waals surface area (Å²) in [5, 5.41) is 0.144. The third kappa shape index (κ3) is 5.29. The zero-order valence-corrected chi connectivity index (χ0v) is 22.5. The number of thioether (sulfide) groups is 1. The normalized spacial score (nSPS) is 18.4. The zero-order valence-electron chi connectivity index (χ0n) is 21.0. The molecule has 0 spiro atoms. The smallest absolute Gasteiger partial charge is 0.241 e. The van der Waals surface area contributed by atoms with Gasteiger partial charge in [-0.15, -0.1) is 11.8 Å². The number of benzene rings is 3. The molecule has 192 valence electrons. The van der Waals surface area contributed by atoms with Gasteiger partial charge in [0.1, 0.15) is 11.0 Å². The number of hydrogen-bond donors (Lipinski definition) is 0. The number of carbonyl (C=O) groups excluding carboxylic acids is 2. The van der Waals surface area contributed by atoms with Gasteiger partial charge in [-0.2, -0.15) is 0 Å². The summed E-state index contributed by atoms with van der Waals surface area (Å²) in [5.41, 5.74) is 2.86. The predicted octanol–water partition coefficient (Wildman–Crippen LogP) is 5.34. The monoisotopic (exact) mass is 535 g/mol. The van der Waals surface area contributed by atoms with E-state index >= 15 is 0 Å². The van der Waals surface area contributed by atoms with Crippen LogP contribution in [-0.4, -0.2) is 55.3 Å². The number of nitrogens with zero attached hydrogens (tertiary/aromatic N) is 3. The van der Waals surface area contributed by atoms with E-state index in [1.54, 1.807) is 12.0 Å². The maximum atomic E-state index is 13.8. The number of halogens is 1. The van der Waals surface area contributed by atoms with Crippen molar-refractivity contribution in [2.45, 2.75) is 23.6 Å². The molecule has 2 atom stereocenters. The van der Waals surface area contributed by atoms with Gasteiger partial charge < -0.3 is 19.4 Å². The van der Waals surface area contributed by atoms with Gasteiger partial charge in [-0.3, -0.25) is 9.59 Å². The van der Waals surface area contributed by atoms with Gasteiger partial charge in [0.15, 0.2) is 0 Å². The molecule has 0 radical (unpaired) electrons. The van der Waals surface area contributed by atoms with Gasteiger partial charge in [0, 0.05) is 36.1 Å². The van der Waals surface area contributed by atoms with Crippen LogP contribution in [0.4, 0.5) is 11.4 Å². The Hall–Kier alpha value is -3.16. The first kappa shape index (κ1) is 25.5. The summed E-state index contributed by atoms with van der Waals surface area (Å²) in [4.78, 5) is 34.4. The fraction of sp³-hybridized carbons (Fsp3) is 0.310. The molecule has 1 saturated heterocycles. The molecule has 1 fully saturated rings. The van der Waals surface area contributed by atoms with Crippen molar-refractivity contribution in [2.24, 2.45) is 5.92 Å². The lowest BCUT2D eigenvalue weighted by Crippen LogP contribution is -2.53. The second-order valence-electron chi connectivity index (χ2n) is 9.33. The van der Waals surface area contributed by atoms with Crippen molar-refractivity contribution in [3.8, 4) is 5.75 Å². The number of methoxy groups -OCH3 is 1. The van der Waals surface area contributed by atoms with E-state index in [-0.39, 0.29) is 11.8 Å². The number of anilines is 2. The van der Waals surface area contributed by atoms with E-state index in [0.717, 1.165) is 27.6 Å². The maximum Gasteiger partial charge on any atom is 0.241 e. The Morgan fingerprint density at radius 3 is 2.43 bits per heavy atom. The van der Waals surface area contributed by atoms with Gasteiger partial charge in [0.05, 0.1) is 30.9 Å². The Balaban J connectivity index is 1.31. The fourth-order valence-electron chi connectivity index (χ4n) is 5.01. The van der Waals surface area contributed by atoms with E-state index in [1.807, 2.05) is 84.6 Å². The van der Waals surface area contributed by atoms with Crippen LogP contribution in [0, 0.1) is 5.92 Å². The van der Waals surface area contributed by atoms with Crippen LogP contribution in [0.2, 0.25) is 5.02 Å². The minimum Gasteiger partial charge on any atom is -0.495 e. The van der Waals surface area contributed by atoms with Crippen LogP contribution in [0.1, 0.15) is 12.5 Å². The van der Waals surface area contributed by atoms with Gasteiger partial charge in [0.25, 0.3) is 0 Å². The minimum absolute atomic E-state index is 0.0209. The molecule has 0 unspecified atom stereocenters. The van der Waals surface area contributed by atoms with Crippen LogP contribution in [-0.2, 0) is 16.1 Å². The second kappa shape index (κ2) is 11.1. The number of ether oxygens (including phenoxy) is 1. The van der Waals surface area contributed by atoms with E-state index in [1.165, 1.54) is 11.8 Å². The largest absolute Gasteiger partial charge is 0.495 e. The number of carbonyl (C=O) groups is 2. The lowest BCUT2D eigenvalue weighted by molar-refractivity contribution is -0.137. The van der Waals surface area contributed by atoms with Crippen molar-refractivity contribution in [3.63, 3.8) is 0 Å². The Morgan fingerprint density at radius 1 is 1.00 bits per heavy atom. The molecule has 8 heteroatoms. The zero-order chi connectivity index (χ0) is 25.9. The molecular formula is C29H30ClN3O3S. The van der Waals surface area contributed by atoms with Crippen molar-refractivity contribution in [3.05, 3.63) is 83.4 Å². The van der Waals surface area contributed by atoms with Crippen molar-refractivity contribution in [2.75, 3.05) is 43.1 Å². The topological polar surface area (TPSA) is 53.1 Å². The molecule has 3 aromatic rings. The van der Waals surface area contributed by atoms with Gasteiger partial charge >= 0.3 is 0 Å². The summed E-state index contributed by atoms with van der Waals surface area (Å²) in [6.45, 7) is 4.94. The molecule has 2 amide bonds. The number of para-hydroxylation sites is 3. The number of hydrogen-bond acceptors (Lipinski definition) is 5. The number of piperazine rings is 1. The lowest BCUT2D eigenvalue weighted by atomic mass is 10.0. The highest BCUT2D eigenvalue weighted by molar-refractivity contribution is 8.01. The van der Waals surface area contributed by atoms with E-state index in [2.05, 4.69) is 4.90 Å². The molecule has 37 heavy (non-hydrogen) atoms. The number of amides is 2. The minimum atomic E-state index is -0.492. The quantitative estimate of drug-likeness (QED) is 0.426. The van der Waals surface area contributed by atoms with Crippen LogP contribution in [0.3, 0.4) is 0 Å². The summed E-state index contributed by atoms with van der Waals surface area (Å²) in [5.74, 6) is 0.355. The summed E-state index contributed by atoms with van der Waals surface area (Å²) < 4.78 is 5.52. The fourth-order valence-corrected chi connectivity index (χ4v) is 6.50. The van der Waals surface area contributed by atoms with Gasteiger partial charge in [0.2, 0.25) is 11.8 Å². The van der Waals surface area contributed by atoms with Crippen LogP contribution in [0.5, 0.6) is 5.75 Å². The standard InChI is InChI=1S/C29H30ClN3O3S/c1-20(28(34)32-16-14-31(15-17-32)23-10-3-5-12-25(23)36-2)27-29(35)33(19-21-8-7-9-22(30)18-21)24-11-4-6-13-26(24)37-27/h3-13,18,20,27H,14-17,19H2,1-2H3/t20-,27-/m0/s1. The molecule has 3 aromatic carbocycles. The Kier molecular flexibility index (Phi) is 7.63. The highest BCUT2D eigenvalue weighted by atomic mass is 35.5. The highest BCUT2D eigenvalue weighted by Gasteiger charge is 2.41. The molecule has 0 aromatic heterocycles. The van der Waals surface area contributed by atoms with Crippen LogP contribution in [0.15, 0.2) is 77.7 Å². The molecule has 5 rings (SSSR count). The summed E-state index contributed by atoms with van der Waals surface area (Å²) in [6.07, 6.45) is 0. The van der Waals surface area contributed by atoms with E-state index in [9.17, 15) is 9.59 Å². The highest BCUT2D eigenvalue weighted by Crippen LogP contribution is 2.43. The van der Waals surface area contributed by atoms with E-state index in [4.69, 9.17) is 16.3 Å². The van der Waals surface area contributed by atoms with E-state index < -0.39 is 11.2 Å². The number of fused-ring (bicyclic) bond motifs is 1. The first-order valence-corrected chi connectivity index (χ1v) is 13.7. The molecule has 0 aliphatic carbocycles. The first-order chi connectivity index (χ1) is 18.0. The van der Waals surface area contributed by atoms with Crippen molar-refractivity contribution in [1.29, 1.82) is 0 Å². The van der Waals surface area contributed by atoms with Crippen molar-refractivity contribution < 1.29 is 14.3 Å². The van der Waals surface area contributed by atoms with Crippen LogP contribution >= 0.6 is 23.4 Å². The number of rotatable bonds is 6. The molecule has 2 aliphatic rings. The average molecular weight is 536 g/mol.